The first-order valence-electron chi connectivity index (χ1n) is 17.7. The van der Waals surface area contributed by atoms with Gasteiger partial charge >= 0.3 is 0 Å². The number of nitrogens with two attached hydrogens (primary N) is 1. The molecule has 2 aromatic carbocycles. The van der Waals surface area contributed by atoms with Gasteiger partial charge in [0.05, 0.1) is 6.04 Å². The van der Waals surface area contributed by atoms with Gasteiger partial charge in [-0.15, -0.1) is 0 Å². The molecule has 0 aliphatic carbocycles. The van der Waals surface area contributed by atoms with Crippen molar-refractivity contribution in [2.75, 3.05) is 20.6 Å². The second-order valence-corrected chi connectivity index (χ2v) is 13.0. The van der Waals surface area contributed by atoms with E-state index in [2.05, 4.69) is 31.2 Å². The summed E-state index contributed by atoms with van der Waals surface area (Å²) >= 11 is 0. The first-order chi connectivity index (χ1) is 24.2. The van der Waals surface area contributed by atoms with Gasteiger partial charge in [-0.05, 0) is 94.4 Å². The van der Waals surface area contributed by atoms with Gasteiger partial charge in [0.25, 0.3) is 0 Å². The molecule has 4 amide bonds. The van der Waals surface area contributed by atoms with Crippen molar-refractivity contribution in [2.45, 2.75) is 95.4 Å². The number of nitrogens with zero attached hydrogens (tertiary/aromatic N) is 2. The number of aryl methyl sites for hydroxylation is 1. The van der Waals surface area contributed by atoms with Crippen molar-refractivity contribution in [3.8, 4) is 0 Å². The number of carbonyl (C=O) groups excluding carboxylic acids is 4. The molecule has 3 rings (SSSR count). The first kappa shape index (κ1) is 39.8. The third-order valence-electron chi connectivity index (χ3n) is 8.51. The molecule has 1 aromatic heterocycles. The van der Waals surface area contributed by atoms with Crippen LogP contribution in [0.1, 0.15) is 68.6 Å². The maximum Gasteiger partial charge on any atom is 0.243 e. The number of amides is 4. The van der Waals surface area contributed by atoms with Crippen LogP contribution in [0.5, 0.6) is 0 Å². The summed E-state index contributed by atoms with van der Waals surface area (Å²) in [5, 5.41) is 11.7. The fraction of sp³-hybridized carbons (Fsp3) is 0.462. The third kappa shape index (κ3) is 14.9. The molecular weight excluding hydrogens is 630 g/mol. The second-order valence-electron chi connectivity index (χ2n) is 13.0. The molecule has 1 heterocycles. The topological polar surface area (TPSA) is 159 Å². The van der Waals surface area contributed by atoms with Crippen molar-refractivity contribution in [1.29, 1.82) is 0 Å². The van der Waals surface area contributed by atoms with E-state index in [-0.39, 0.29) is 5.91 Å². The quantitative estimate of drug-likeness (QED) is 0.102. The Hall–Kier alpha value is -4.61. The molecule has 0 saturated heterocycles. The zero-order valence-electron chi connectivity index (χ0n) is 29.8. The Bertz CT molecular complexity index is 1440. The Morgan fingerprint density at radius 2 is 1.20 bits per heavy atom. The predicted molar refractivity (Wildman–Crippen MR) is 197 cm³/mol. The zero-order chi connectivity index (χ0) is 36.1. The highest BCUT2D eigenvalue weighted by Gasteiger charge is 2.30. The van der Waals surface area contributed by atoms with Crippen molar-refractivity contribution in [1.82, 2.24) is 31.2 Å². The number of pyridine rings is 1. The van der Waals surface area contributed by atoms with E-state index in [1.165, 1.54) is 0 Å². The SMILES string of the molecule is CCCC[C@@H](NC(=O)[C@@H](CCc1ccccc1)NC(=O)[C@H](N)Cc1ccccc1)C(=O)N[C@H](CCCCN(C)C)C(=O)NCc1ccncc1. The molecule has 6 N–H and O–H groups in total. The summed E-state index contributed by atoms with van der Waals surface area (Å²) in [4.78, 5) is 60.5. The fourth-order valence-electron chi connectivity index (χ4n) is 5.54. The Morgan fingerprint density at radius 3 is 1.80 bits per heavy atom. The standard InChI is InChI=1S/C39H55N7O4/c1-4-5-18-34(38(49)44-33(19-12-13-26-46(2)3)37(48)42-28-31-22-24-41-25-23-31)45-39(50)35(21-20-29-14-8-6-9-15-29)43-36(47)32(40)27-30-16-10-7-11-17-30/h6-11,14-17,22-25,32-35H,4-5,12-13,18-21,26-28,40H2,1-3H3,(H,42,48)(H,43,47)(H,44,49)(H,45,50)/t32-,33-,34-,35-/m1/s1. The van der Waals surface area contributed by atoms with Gasteiger partial charge in [0.15, 0.2) is 0 Å². The maximum atomic E-state index is 13.9. The molecule has 0 fully saturated rings. The van der Waals surface area contributed by atoms with E-state index >= 15 is 0 Å². The number of nitrogens with one attached hydrogen (secondary N) is 4. The minimum atomic E-state index is -0.924. The van der Waals surface area contributed by atoms with Crippen molar-refractivity contribution in [3.05, 3.63) is 102 Å². The summed E-state index contributed by atoms with van der Waals surface area (Å²) in [6.07, 6.45) is 8.41. The lowest BCUT2D eigenvalue weighted by atomic mass is 10.0. The van der Waals surface area contributed by atoms with Crippen LogP contribution in [0, 0.1) is 0 Å². The predicted octanol–water partition coefficient (Wildman–Crippen LogP) is 3.28. The lowest BCUT2D eigenvalue weighted by molar-refractivity contribution is -0.134. The van der Waals surface area contributed by atoms with E-state index in [0.717, 1.165) is 42.5 Å². The van der Waals surface area contributed by atoms with E-state index in [9.17, 15) is 19.2 Å². The number of aromatic nitrogens is 1. The van der Waals surface area contributed by atoms with Gasteiger partial charge in [0, 0.05) is 18.9 Å². The highest BCUT2D eigenvalue weighted by atomic mass is 16.2. The Morgan fingerprint density at radius 1 is 0.660 bits per heavy atom. The summed E-state index contributed by atoms with van der Waals surface area (Å²) in [6.45, 7) is 3.17. The molecule has 11 nitrogen and oxygen atoms in total. The number of rotatable bonds is 22. The molecule has 4 atom stereocenters. The summed E-state index contributed by atoms with van der Waals surface area (Å²) in [7, 11) is 3.99. The summed E-state index contributed by atoms with van der Waals surface area (Å²) in [5.74, 6) is -1.64. The average molecular weight is 686 g/mol. The molecular formula is C39H55N7O4. The summed E-state index contributed by atoms with van der Waals surface area (Å²) in [5.41, 5.74) is 9.11. The minimum absolute atomic E-state index is 0.291. The molecule has 50 heavy (non-hydrogen) atoms. The smallest absolute Gasteiger partial charge is 0.243 e. The lowest BCUT2D eigenvalue weighted by Gasteiger charge is -2.26. The monoisotopic (exact) mass is 685 g/mol. The first-order valence-corrected chi connectivity index (χ1v) is 17.7. The molecule has 0 aliphatic rings. The van der Waals surface area contributed by atoms with Crippen LogP contribution in [-0.4, -0.2) is 78.3 Å². The largest absolute Gasteiger partial charge is 0.350 e. The van der Waals surface area contributed by atoms with Crippen molar-refractivity contribution in [3.63, 3.8) is 0 Å². The number of unbranched alkanes of at least 4 members (excludes halogenated alkanes) is 2. The van der Waals surface area contributed by atoms with Crippen molar-refractivity contribution in [2.24, 2.45) is 5.73 Å². The van der Waals surface area contributed by atoms with E-state index < -0.39 is 41.9 Å². The molecule has 11 heteroatoms. The maximum absolute atomic E-state index is 13.9. The molecule has 3 aromatic rings. The van der Waals surface area contributed by atoms with Crippen LogP contribution in [0.15, 0.2) is 85.2 Å². The summed E-state index contributed by atoms with van der Waals surface area (Å²) < 4.78 is 0. The van der Waals surface area contributed by atoms with Gasteiger partial charge in [0.2, 0.25) is 23.6 Å². The number of hydrogen-bond donors (Lipinski definition) is 5. The van der Waals surface area contributed by atoms with Gasteiger partial charge in [-0.3, -0.25) is 24.2 Å². The molecule has 0 bridgehead atoms. The van der Waals surface area contributed by atoms with Gasteiger partial charge in [0.1, 0.15) is 18.1 Å². The Balaban J connectivity index is 1.73. The van der Waals surface area contributed by atoms with Crippen LogP contribution >= 0.6 is 0 Å². The van der Waals surface area contributed by atoms with E-state index in [0.29, 0.717) is 45.1 Å². The average Bonchev–Trinajstić information content (AvgIpc) is 3.12. The van der Waals surface area contributed by atoms with Crippen LogP contribution in [0.2, 0.25) is 0 Å². The van der Waals surface area contributed by atoms with Gasteiger partial charge in [-0.25, -0.2) is 0 Å². The van der Waals surface area contributed by atoms with Crippen molar-refractivity contribution < 1.29 is 19.2 Å². The number of hydrogen-bond acceptors (Lipinski definition) is 7. The van der Waals surface area contributed by atoms with E-state index in [1.54, 1.807) is 12.4 Å². The van der Waals surface area contributed by atoms with E-state index in [4.69, 9.17) is 5.73 Å². The van der Waals surface area contributed by atoms with Gasteiger partial charge in [-0.2, -0.15) is 0 Å². The molecule has 0 aliphatic heterocycles. The minimum Gasteiger partial charge on any atom is -0.350 e. The number of benzene rings is 2. The van der Waals surface area contributed by atoms with E-state index in [1.807, 2.05) is 93.8 Å². The molecule has 0 unspecified atom stereocenters. The Labute approximate surface area is 297 Å². The second kappa shape index (κ2) is 22.2. The highest BCUT2D eigenvalue weighted by Crippen LogP contribution is 2.10. The molecule has 0 radical (unpaired) electrons. The molecule has 270 valence electrons. The van der Waals surface area contributed by atoms with Crippen LogP contribution in [0.25, 0.3) is 0 Å². The molecule has 0 saturated carbocycles. The van der Waals surface area contributed by atoms with Crippen LogP contribution in [0.4, 0.5) is 0 Å². The Kier molecular flexibility index (Phi) is 17.7. The highest BCUT2D eigenvalue weighted by molar-refractivity contribution is 5.94. The summed E-state index contributed by atoms with van der Waals surface area (Å²) in [6, 6.07) is 19.4. The van der Waals surface area contributed by atoms with Gasteiger partial charge in [-0.1, -0.05) is 80.4 Å². The fourth-order valence-corrected chi connectivity index (χ4v) is 5.54. The number of carbonyl (C=O) groups is 4. The lowest BCUT2D eigenvalue weighted by Crippen LogP contribution is -2.58. The normalized spacial score (nSPS) is 13.5. The third-order valence-corrected chi connectivity index (χ3v) is 8.51. The van der Waals surface area contributed by atoms with Crippen LogP contribution in [-0.2, 0) is 38.6 Å². The van der Waals surface area contributed by atoms with Crippen LogP contribution in [0.3, 0.4) is 0 Å². The zero-order valence-corrected chi connectivity index (χ0v) is 29.8. The van der Waals surface area contributed by atoms with Crippen molar-refractivity contribution >= 4 is 23.6 Å². The molecule has 0 spiro atoms. The van der Waals surface area contributed by atoms with Crippen LogP contribution < -0.4 is 27.0 Å². The van der Waals surface area contributed by atoms with Gasteiger partial charge < -0.3 is 31.9 Å².